The van der Waals surface area contributed by atoms with Gasteiger partial charge in [0.1, 0.15) is 11.5 Å². The zero-order valence-electron chi connectivity index (χ0n) is 13.7. The number of nitrogens with zero attached hydrogens (tertiary/aromatic N) is 3. The molecule has 1 amide bonds. The van der Waals surface area contributed by atoms with Crippen molar-refractivity contribution in [3.63, 3.8) is 0 Å². The molecule has 5 nitrogen and oxygen atoms in total. The average molecular weight is 330 g/mol. The summed E-state index contributed by atoms with van der Waals surface area (Å²) in [7, 11) is 0. The molecule has 2 heterocycles. The fourth-order valence-electron chi connectivity index (χ4n) is 3.00. The molecule has 124 valence electrons. The lowest BCUT2D eigenvalue weighted by Gasteiger charge is -2.28. The van der Waals surface area contributed by atoms with Gasteiger partial charge in [0.25, 0.3) is 5.91 Å². The third-order valence-electron chi connectivity index (χ3n) is 4.34. The van der Waals surface area contributed by atoms with Gasteiger partial charge in [0.05, 0.1) is 12.4 Å². The van der Waals surface area contributed by atoms with E-state index in [4.69, 9.17) is 0 Å². The summed E-state index contributed by atoms with van der Waals surface area (Å²) in [6.45, 7) is 1.34. The Morgan fingerprint density at radius 1 is 0.920 bits per heavy atom. The van der Waals surface area contributed by atoms with Crippen LogP contribution in [0.5, 0.6) is 0 Å². The summed E-state index contributed by atoms with van der Waals surface area (Å²) < 4.78 is 0. The van der Waals surface area contributed by atoms with Crippen LogP contribution in [0.25, 0.3) is 0 Å². The highest BCUT2D eigenvalue weighted by Gasteiger charge is 2.22. The maximum absolute atomic E-state index is 12.7. The molecule has 0 atom stereocenters. The smallest absolute Gasteiger partial charge is 0.274 e. The van der Waals surface area contributed by atoms with E-state index in [1.165, 1.54) is 17.3 Å². The van der Waals surface area contributed by atoms with Gasteiger partial charge in [0.15, 0.2) is 0 Å². The molecule has 0 bridgehead atoms. The number of para-hydroxylation sites is 1. The number of anilines is 2. The third-order valence-corrected chi connectivity index (χ3v) is 4.34. The second-order valence-electron chi connectivity index (χ2n) is 6.02. The van der Waals surface area contributed by atoms with Gasteiger partial charge in [-0.15, -0.1) is 0 Å². The predicted octanol–water partition coefficient (Wildman–Crippen LogP) is 3.42. The molecule has 3 aromatic rings. The first-order chi connectivity index (χ1) is 12.3. The lowest BCUT2D eigenvalue weighted by atomic mass is 10.00. The standard InChI is InChI=1S/C20H18N4O/c25-20(24-11-10-15-6-4-5-7-16(15)14-24)18-12-22-19(13-21-18)23-17-8-2-1-3-9-17/h1-9,12-13H,10-11,14H2,(H,22,23). The number of rotatable bonds is 3. The highest BCUT2D eigenvalue weighted by atomic mass is 16.2. The van der Waals surface area contributed by atoms with Gasteiger partial charge in [-0.25, -0.2) is 9.97 Å². The van der Waals surface area contributed by atoms with E-state index in [-0.39, 0.29) is 5.91 Å². The molecule has 1 aliphatic heterocycles. The quantitative estimate of drug-likeness (QED) is 0.799. The van der Waals surface area contributed by atoms with Gasteiger partial charge in [-0.1, -0.05) is 42.5 Å². The summed E-state index contributed by atoms with van der Waals surface area (Å²) in [6.07, 6.45) is 4.01. The lowest BCUT2D eigenvalue weighted by molar-refractivity contribution is 0.0728. The molecule has 0 saturated heterocycles. The van der Waals surface area contributed by atoms with Crippen molar-refractivity contribution in [1.82, 2.24) is 14.9 Å². The van der Waals surface area contributed by atoms with Crippen LogP contribution in [-0.2, 0) is 13.0 Å². The van der Waals surface area contributed by atoms with Gasteiger partial charge in [-0.05, 0) is 29.7 Å². The molecule has 2 aromatic carbocycles. The van der Waals surface area contributed by atoms with Gasteiger partial charge in [0.2, 0.25) is 0 Å². The molecule has 1 aliphatic rings. The molecule has 1 aromatic heterocycles. The molecule has 0 aliphatic carbocycles. The molecule has 0 spiro atoms. The molecule has 0 fully saturated rings. The van der Waals surface area contributed by atoms with E-state index in [0.717, 1.165) is 12.1 Å². The normalized spacial score (nSPS) is 13.2. The Morgan fingerprint density at radius 3 is 2.44 bits per heavy atom. The molecular formula is C20H18N4O. The van der Waals surface area contributed by atoms with Crippen LogP contribution >= 0.6 is 0 Å². The minimum atomic E-state index is -0.0757. The van der Waals surface area contributed by atoms with E-state index in [9.17, 15) is 4.79 Å². The van der Waals surface area contributed by atoms with Gasteiger partial charge in [0, 0.05) is 18.8 Å². The van der Waals surface area contributed by atoms with Crippen LogP contribution in [0.15, 0.2) is 67.0 Å². The summed E-state index contributed by atoms with van der Waals surface area (Å²) in [4.78, 5) is 23.1. The van der Waals surface area contributed by atoms with Crippen LogP contribution in [-0.4, -0.2) is 27.3 Å². The zero-order chi connectivity index (χ0) is 17.1. The SMILES string of the molecule is O=C(c1cnc(Nc2ccccc2)cn1)N1CCc2ccccc2C1. The van der Waals surface area contributed by atoms with E-state index in [0.29, 0.717) is 24.6 Å². The Hall–Kier alpha value is -3.21. The van der Waals surface area contributed by atoms with E-state index in [1.807, 2.05) is 47.4 Å². The van der Waals surface area contributed by atoms with E-state index in [1.54, 1.807) is 6.20 Å². The first kappa shape index (κ1) is 15.3. The van der Waals surface area contributed by atoms with Crippen molar-refractivity contribution in [2.75, 3.05) is 11.9 Å². The first-order valence-electron chi connectivity index (χ1n) is 8.30. The predicted molar refractivity (Wildman–Crippen MR) is 96.6 cm³/mol. The average Bonchev–Trinajstić information content (AvgIpc) is 2.68. The van der Waals surface area contributed by atoms with Crippen LogP contribution in [0.3, 0.4) is 0 Å². The molecule has 5 heteroatoms. The van der Waals surface area contributed by atoms with Crippen LogP contribution < -0.4 is 5.32 Å². The van der Waals surface area contributed by atoms with Gasteiger partial charge in [-0.2, -0.15) is 0 Å². The fraction of sp³-hybridized carbons (Fsp3) is 0.150. The number of aromatic nitrogens is 2. The summed E-state index contributed by atoms with van der Waals surface area (Å²) >= 11 is 0. The summed E-state index contributed by atoms with van der Waals surface area (Å²) in [5, 5.41) is 3.16. The lowest BCUT2D eigenvalue weighted by Crippen LogP contribution is -2.36. The number of benzene rings is 2. The maximum Gasteiger partial charge on any atom is 0.274 e. The maximum atomic E-state index is 12.7. The van der Waals surface area contributed by atoms with Gasteiger partial charge >= 0.3 is 0 Å². The number of hydrogen-bond donors (Lipinski definition) is 1. The zero-order valence-corrected chi connectivity index (χ0v) is 13.7. The van der Waals surface area contributed by atoms with Crippen molar-refractivity contribution in [3.8, 4) is 0 Å². The molecule has 4 rings (SSSR count). The van der Waals surface area contributed by atoms with Crippen LogP contribution in [0.2, 0.25) is 0 Å². The molecular weight excluding hydrogens is 312 g/mol. The largest absolute Gasteiger partial charge is 0.339 e. The Morgan fingerprint density at radius 2 is 1.68 bits per heavy atom. The number of fused-ring (bicyclic) bond motifs is 1. The number of carbonyl (C=O) groups excluding carboxylic acids is 1. The highest BCUT2D eigenvalue weighted by molar-refractivity contribution is 5.92. The number of nitrogens with one attached hydrogen (secondary N) is 1. The molecule has 25 heavy (non-hydrogen) atoms. The summed E-state index contributed by atoms with van der Waals surface area (Å²) in [6, 6.07) is 18.0. The molecule has 0 saturated carbocycles. The number of hydrogen-bond acceptors (Lipinski definition) is 4. The summed E-state index contributed by atoms with van der Waals surface area (Å²) in [5.74, 6) is 0.542. The van der Waals surface area contributed by atoms with Crippen molar-refractivity contribution < 1.29 is 4.79 Å². The Kier molecular flexibility index (Phi) is 4.12. The molecule has 0 unspecified atom stereocenters. The fourth-order valence-corrected chi connectivity index (χ4v) is 3.00. The van der Waals surface area contributed by atoms with Crippen molar-refractivity contribution in [2.45, 2.75) is 13.0 Å². The minimum absolute atomic E-state index is 0.0757. The van der Waals surface area contributed by atoms with Crippen molar-refractivity contribution in [1.29, 1.82) is 0 Å². The van der Waals surface area contributed by atoms with Crippen LogP contribution in [0.1, 0.15) is 21.6 Å². The van der Waals surface area contributed by atoms with E-state index in [2.05, 4.69) is 27.4 Å². The van der Waals surface area contributed by atoms with Crippen molar-refractivity contribution in [3.05, 3.63) is 83.8 Å². The summed E-state index contributed by atoms with van der Waals surface area (Å²) in [5.41, 5.74) is 3.83. The highest BCUT2D eigenvalue weighted by Crippen LogP contribution is 2.20. The topological polar surface area (TPSA) is 58.1 Å². The first-order valence-corrected chi connectivity index (χ1v) is 8.30. The Balaban J connectivity index is 1.46. The van der Waals surface area contributed by atoms with Crippen molar-refractivity contribution >= 4 is 17.4 Å². The van der Waals surface area contributed by atoms with Crippen molar-refractivity contribution in [2.24, 2.45) is 0 Å². The van der Waals surface area contributed by atoms with E-state index >= 15 is 0 Å². The Bertz CT molecular complexity index is 878. The Labute approximate surface area is 146 Å². The van der Waals surface area contributed by atoms with Crippen LogP contribution in [0, 0.1) is 0 Å². The minimum Gasteiger partial charge on any atom is -0.339 e. The van der Waals surface area contributed by atoms with E-state index < -0.39 is 0 Å². The third kappa shape index (κ3) is 3.35. The number of carbonyl (C=O) groups is 1. The monoisotopic (exact) mass is 330 g/mol. The number of amides is 1. The molecule has 1 N–H and O–H groups in total. The van der Waals surface area contributed by atoms with Gasteiger partial charge in [-0.3, -0.25) is 4.79 Å². The molecule has 0 radical (unpaired) electrons. The van der Waals surface area contributed by atoms with Crippen LogP contribution in [0.4, 0.5) is 11.5 Å². The van der Waals surface area contributed by atoms with Gasteiger partial charge < -0.3 is 10.2 Å². The second kappa shape index (κ2) is 6.73. The second-order valence-corrected chi connectivity index (χ2v) is 6.02.